The Balaban J connectivity index is 1.45. The predicted octanol–water partition coefficient (Wildman–Crippen LogP) is 0.187. The Labute approximate surface area is 139 Å². The number of hydrogen-bond acceptors (Lipinski definition) is 4. The van der Waals surface area contributed by atoms with Crippen LogP contribution in [-0.2, 0) is 9.59 Å². The highest BCUT2D eigenvalue weighted by molar-refractivity contribution is 5.89. The average Bonchev–Trinajstić information content (AvgIpc) is 3.27. The average molecular weight is 322 g/mol. The van der Waals surface area contributed by atoms with Gasteiger partial charge in [0.15, 0.2) is 0 Å². The van der Waals surface area contributed by atoms with Crippen LogP contribution >= 0.6 is 0 Å². The van der Waals surface area contributed by atoms with Gasteiger partial charge < -0.3 is 15.5 Å². The summed E-state index contributed by atoms with van der Waals surface area (Å²) in [6.45, 7) is 7.49. The third-order valence-corrected chi connectivity index (χ3v) is 5.61. The number of carbonyl (C=O) groups is 2. The van der Waals surface area contributed by atoms with Crippen LogP contribution in [-0.4, -0.2) is 73.0 Å². The van der Waals surface area contributed by atoms with Crippen LogP contribution in [0.4, 0.5) is 0 Å². The van der Waals surface area contributed by atoms with Gasteiger partial charge in [-0.25, -0.2) is 0 Å². The van der Waals surface area contributed by atoms with Crippen LogP contribution < -0.4 is 10.6 Å². The standard InChI is InChI=1S/C17H30N4O2/c1-2-20-8-4-6-15(20)12-21-11-13(9-16(21)22)17(23)19-10-14-5-3-7-18-14/h13-15,18H,2-12H2,1H3,(H,19,23). The highest BCUT2D eigenvalue weighted by atomic mass is 16.2. The summed E-state index contributed by atoms with van der Waals surface area (Å²) in [4.78, 5) is 28.9. The molecule has 3 saturated heterocycles. The van der Waals surface area contributed by atoms with Crippen molar-refractivity contribution in [1.29, 1.82) is 0 Å². The third-order valence-electron chi connectivity index (χ3n) is 5.61. The molecule has 6 heteroatoms. The maximum Gasteiger partial charge on any atom is 0.225 e. The third kappa shape index (κ3) is 4.04. The van der Waals surface area contributed by atoms with Crippen LogP contribution in [0.3, 0.4) is 0 Å². The van der Waals surface area contributed by atoms with Gasteiger partial charge in [0, 0.05) is 38.1 Å². The van der Waals surface area contributed by atoms with Crippen LogP contribution in [0, 0.1) is 5.92 Å². The second-order valence-corrected chi connectivity index (χ2v) is 7.16. The van der Waals surface area contributed by atoms with E-state index in [9.17, 15) is 9.59 Å². The first-order valence-electron chi connectivity index (χ1n) is 9.20. The molecule has 0 saturated carbocycles. The first-order chi connectivity index (χ1) is 11.2. The van der Waals surface area contributed by atoms with E-state index < -0.39 is 0 Å². The number of likely N-dealkylation sites (N-methyl/N-ethyl adjacent to an activating group) is 1. The van der Waals surface area contributed by atoms with Gasteiger partial charge in [-0.05, 0) is 45.3 Å². The smallest absolute Gasteiger partial charge is 0.225 e. The number of hydrogen-bond donors (Lipinski definition) is 2. The minimum Gasteiger partial charge on any atom is -0.354 e. The van der Waals surface area contributed by atoms with E-state index in [1.807, 2.05) is 4.90 Å². The van der Waals surface area contributed by atoms with Gasteiger partial charge in [-0.2, -0.15) is 0 Å². The number of carbonyl (C=O) groups excluding carboxylic acids is 2. The Hall–Kier alpha value is -1.14. The summed E-state index contributed by atoms with van der Waals surface area (Å²) in [5.41, 5.74) is 0. The summed E-state index contributed by atoms with van der Waals surface area (Å²) in [7, 11) is 0. The Morgan fingerprint density at radius 1 is 1.35 bits per heavy atom. The monoisotopic (exact) mass is 322 g/mol. The van der Waals surface area contributed by atoms with E-state index in [1.165, 1.54) is 19.3 Å². The van der Waals surface area contributed by atoms with Crippen LogP contribution in [0.1, 0.15) is 39.0 Å². The zero-order chi connectivity index (χ0) is 16.2. The van der Waals surface area contributed by atoms with Crippen molar-refractivity contribution < 1.29 is 9.59 Å². The van der Waals surface area contributed by atoms with Gasteiger partial charge in [0.05, 0.1) is 5.92 Å². The number of amides is 2. The molecule has 130 valence electrons. The molecule has 3 heterocycles. The van der Waals surface area contributed by atoms with Gasteiger partial charge in [0.1, 0.15) is 0 Å². The highest BCUT2D eigenvalue weighted by Gasteiger charge is 2.36. The lowest BCUT2D eigenvalue weighted by molar-refractivity contribution is -0.129. The summed E-state index contributed by atoms with van der Waals surface area (Å²) in [5, 5.41) is 6.41. The largest absolute Gasteiger partial charge is 0.354 e. The van der Waals surface area contributed by atoms with Gasteiger partial charge in [0.2, 0.25) is 11.8 Å². The van der Waals surface area contributed by atoms with Crippen molar-refractivity contribution in [2.45, 2.75) is 51.1 Å². The molecule has 0 spiro atoms. The molecule has 0 aromatic carbocycles. The molecule has 0 aromatic rings. The SMILES string of the molecule is CCN1CCCC1CN1CC(C(=O)NCC2CCCN2)CC1=O. The molecular formula is C17H30N4O2. The lowest BCUT2D eigenvalue weighted by atomic mass is 10.1. The van der Waals surface area contributed by atoms with E-state index in [-0.39, 0.29) is 17.7 Å². The number of likely N-dealkylation sites (tertiary alicyclic amines) is 2. The molecule has 2 N–H and O–H groups in total. The highest BCUT2D eigenvalue weighted by Crippen LogP contribution is 2.23. The van der Waals surface area contributed by atoms with Crippen LogP contribution in [0.15, 0.2) is 0 Å². The molecule has 3 aliphatic rings. The fourth-order valence-electron chi connectivity index (χ4n) is 4.20. The van der Waals surface area contributed by atoms with Crippen molar-refractivity contribution in [3.05, 3.63) is 0 Å². The topological polar surface area (TPSA) is 64.7 Å². The first kappa shape index (κ1) is 16.7. The van der Waals surface area contributed by atoms with Crippen molar-refractivity contribution >= 4 is 11.8 Å². The molecular weight excluding hydrogens is 292 g/mol. The van der Waals surface area contributed by atoms with Crippen molar-refractivity contribution in [3.8, 4) is 0 Å². The molecule has 3 rings (SSSR count). The van der Waals surface area contributed by atoms with Crippen LogP contribution in [0.2, 0.25) is 0 Å². The number of nitrogens with zero attached hydrogens (tertiary/aromatic N) is 2. The Morgan fingerprint density at radius 3 is 2.96 bits per heavy atom. The summed E-state index contributed by atoms with van der Waals surface area (Å²) >= 11 is 0. The van der Waals surface area contributed by atoms with E-state index >= 15 is 0 Å². The van der Waals surface area contributed by atoms with E-state index in [0.29, 0.717) is 31.6 Å². The fourth-order valence-corrected chi connectivity index (χ4v) is 4.20. The maximum atomic E-state index is 12.3. The van der Waals surface area contributed by atoms with Gasteiger partial charge in [-0.1, -0.05) is 6.92 Å². The summed E-state index contributed by atoms with van der Waals surface area (Å²) in [6.07, 6.45) is 5.08. The van der Waals surface area contributed by atoms with Gasteiger partial charge in [-0.3, -0.25) is 14.5 Å². The van der Waals surface area contributed by atoms with Gasteiger partial charge in [-0.15, -0.1) is 0 Å². The zero-order valence-electron chi connectivity index (χ0n) is 14.2. The van der Waals surface area contributed by atoms with Crippen molar-refractivity contribution in [3.63, 3.8) is 0 Å². The fraction of sp³-hybridized carbons (Fsp3) is 0.882. The van der Waals surface area contributed by atoms with Crippen molar-refractivity contribution in [2.75, 3.05) is 39.3 Å². The quantitative estimate of drug-likeness (QED) is 0.733. The molecule has 3 aliphatic heterocycles. The first-order valence-corrected chi connectivity index (χ1v) is 9.20. The molecule has 0 bridgehead atoms. The number of nitrogens with one attached hydrogen (secondary N) is 2. The summed E-state index contributed by atoms with van der Waals surface area (Å²) in [6, 6.07) is 0.886. The second-order valence-electron chi connectivity index (χ2n) is 7.16. The lowest BCUT2D eigenvalue weighted by Gasteiger charge is -2.27. The Kier molecular flexibility index (Phi) is 5.54. The van der Waals surface area contributed by atoms with E-state index in [4.69, 9.17) is 0 Å². The minimum atomic E-state index is -0.166. The van der Waals surface area contributed by atoms with E-state index in [1.54, 1.807) is 0 Å². The lowest BCUT2D eigenvalue weighted by Crippen LogP contribution is -2.42. The van der Waals surface area contributed by atoms with Crippen molar-refractivity contribution in [1.82, 2.24) is 20.4 Å². The zero-order valence-corrected chi connectivity index (χ0v) is 14.2. The van der Waals surface area contributed by atoms with Gasteiger partial charge >= 0.3 is 0 Å². The molecule has 0 aliphatic carbocycles. The normalized spacial score (nSPS) is 32.0. The molecule has 6 nitrogen and oxygen atoms in total. The maximum absolute atomic E-state index is 12.3. The Bertz CT molecular complexity index is 436. The molecule has 2 amide bonds. The second kappa shape index (κ2) is 7.62. The molecule has 3 atom stereocenters. The molecule has 0 radical (unpaired) electrons. The predicted molar refractivity (Wildman–Crippen MR) is 89.0 cm³/mol. The number of rotatable bonds is 6. The minimum absolute atomic E-state index is 0.0494. The summed E-state index contributed by atoms with van der Waals surface area (Å²) < 4.78 is 0. The summed E-state index contributed by atoms with van der Waals surface area (Å²) in [5.74, 6) is 0.0285. The van der Waals surface area contributed by atoms with E-state index in [0.717, 1.165) is 32.6 Å². The van der Waals surface area contributed by atoms with Crippen LogP contribution in [0.5, 0.6) is 0 Å². The molecule has 0 aromatic heterocycles. The Morgan fingerprint density at radius 2 is 2.22 bits per heavy atom. The molecule has 23 heavy (non-hydrogen) atoms. The molecule has 3 unspecified atom stereocenters. The van der Waals surface area contributed by atoms with Crippen LogP contribution in [0.25, 0.3) is 0 Å². The molecule has 3 fully saturated rings. The van der Waals surface area contributed by atoms with Crippen molar-refractivity contribution in [2.24, 2.45) is 5.92 Å². The van der Waals surface area contributed by atoms with Gasteiger partial charge in [0.25, 0.3) is 0 Å². The van der Waals surface area contributed by atoms with E-state index in [2.05, 4.69) is 22.5 Å².